The molecule has 0 aromatic heterocycles. The molecule has 1 fully saturated rings. The fraction of sp³-hybridized carbons (Fsp3) is 0.316. The first kappa shape index (κ1) is 19.8. The van der Waals surface area contributed by atoms with Gasteiger partial charge in [0.15, 0.2) is 0 Å². The highest BCUT2D eigenvalue weighted by Gasteiger charge is 2.25. The van der Waals surface area contributed by atoms with Crippen LogP contribution in [0.1, 0.15) is 21.5 Å². The lowest BCUT2D eigenvalue weighted by molar-refractivity contribution is -0.917. The van der Waals surface area contributed by atoms with Crippen molar-refractivity contribution in [3.8, 4) is 0 Å². The monoisotopic (exact) mass is 408 g/mol. The van der Waals surface area contributed by atoms with Crippen molar-refractivity contribution in [2.75, 3.05) is 26.2 Å². The van der Waals surface area contributed by atoms with Gasteiger partial charge in [0.25, 0.3) is 5.91 Å². The fourth-order valence-corrected chi connectivity index (χ4v) is 4.38. The molecule has 3 rings (SSSR count). The summed E-state index contributed by atoms with van der Waals surface area (Å²) in [6, 6.07) is 12.5. The molecule has 6 nitrogen and oxygen atoms in total. The summed E-state index contributed by atoms with van der Waals surface area (Å²) < 4.78 is 23.4. The van der Waals surface area contributed by atoms with E-state index < -0.39 is 10.0 Å². The predicted octanol–water partition coefficient (Wildman–Crippen LogP) is 0.837. The zero-order valence-corrected chi connectivity index (χ0v) is 16.7. The summed E-state index contributed by atoms with van der Waals surface area (Å²) in [5.74, 6) is -0.165. The highest BCUT2D eigenvalue weighted by molar-refractivity contribution is 7.89. The van der Waals surface area contributed by atoms with Gasteiger partial charge in [-0.25, -0.2) is 13.6 Å². The average molecular weight is 409 g/mol. The van der Waals surface area contributed by atoms with Gasteiger partial charge in [0.05, 0.1) is 31.1 Å². The third kappa shape index (κ3) is 4.87. The first-order valence-corrected chi connectivity index (χ1v) is 10.7. The van der Waals surface area contributed by atoms with Crippen LogP contribution < -0.4 is 10.0 Å². The minimum absolute atomic E-state index is 0.00133. The summed E-state index contributed by atoms with van der Waals surface area (Å²) in [4.78, 5) is 15.9. The Bertz CT molecular complexity index is 954. The van der Waals surface area contributed by atoms with Crippen LogP contribution in [0.3, 0.4) is 0 Å². The molecular formula is C19H23ClN3O3S+. The number of nitrogens with one attached hydrogen (secondary N) is 1. The Labute approximate surface area is 164 Å². The number of primary sulfonamides is 1. The van der Waals surface area contributed by atoms with Crippen molar-refractivity contribution in [3.63, 3.8) is 0 Å². The van der Waals surface area contributed by atoms with Crippen molar-refractivity contribution in [2.24, 2.45) is 5.14 Å². The third-order valence-corrected chi connectivity index (χ3v) is 6.13. The average Bonchev–Trinajstić information content (AvgIpc) is 2.61. The Morgan fingerprint density at radius 3 is 2.52 bits per heavy atom. The van der Waals surface area contributed by atoms with Gasteiger partial charge in [0, 0.05) is 16.1 Å². The molecule has 1 aliphatic rings. The van der Waals surface area contributed by atoms with Crippen LogP contribution in [0.2, 0.25) is 5.02 Å². The maximum absolute atomic E-state index is 12.8. The number of piperazine rings is 1. The largest absolute Gasteiger partial charge is 0.328 e. The molecule has 27 heavy (non-hydrogen) atoms. The lowest BCUT2D eigenvalue weighted by Crippen LogP contribution is -3.13. The molecule has 144 valence electrons. The number of rotatable bonds is 4. The van der Waals surface area contributed by atoms with E-state index in [0.29, 0.717) is 24.2 Å². The standard InChI is InChI=1S/C19H22ClN3O3S/c1-14-5-6-16(12-18(14)27(21,25)26)19(24)23-9-7-22(8-10-23)13-15-3-2-4-17(20)11-15/h2-6,11-12H,7-10,13H2,1H3,(H2,21,25,26)/p+1. The van der Waals surface area contributed by atoms with Gasteiger partial charge in [-0.2, -0.15) is 0 Å². The molecule has 0 saturated carbocycles. The van der Waals surface area contributed by atoms with E-state index in [4.69, 9.17) is 16.7 Å². The van der Waals surface area contributed by atoms with Gasteiger partial charge in [-0.3, -0.25) is 4.79 Å². The predicted molar refractivity (Wildman–Crippen MR) is 104 cm³/mol. The second kappa shape index (κ2) is 7.98. The second-order valence-electron chi connectivity index (χ2n) is 6.87. The van der Waals surface area contributed by atoms with Crippen LogP contribution in [0.25, 0.3) is 0 Å². The minimum Gasteiger partial charge on any atom is -0.328 e. The quantitative estimate of drug-likeness (QED) is 0.786. The molecule has 2 aromatic rings. The molecule has 0 aliphatic carbocycles. The number of hydrogen-bond acceptors (Lipinski definition) is 3. The zero-order chi connectivity index (χ0) is 19.6. The molecule has 0 unspecified atom stereocenters. The van der Waals surface area contributed by atoms with Crippen LogP contribution in [0, 0.1) is 6.92 Å². The summed E-state index contributed by atoms with van der Waals surface area (Å²) in [6.07, 6.45) is 0. The number of aryl methyl sites for hydroxylation is 1. The SMILES string of the molecule is Cc1ccc(C(=O)N2CC[NH+](Cc3cccc(Cl)c3)CC2)cc1S(N)(=O)=O. The molecule has 0 spiro atoms. The molecule has 8 heteroatoms. The number of hydrogen-bond donors (Lipinski definition) is 2. The van der Waals surface area contributed by atoms with Crippen molar-refractivity contribution >= 4 is 27.5 Å². The number of carbonyl (C=O) groups is 1. The van der Waals surface area contributed by atoms with E-state index in [9.17, 15) is 13.2 Å². The summed E-state index contributed by atoms with van der Waals surface area (Å²) in [5.41, 5.74) is 2.06. The van der Waals surface area contributed by atoms with Crippen LogP contribution in [0.5, 0.6) is 0 Å². The lowest BCUT2D eigenvalue weighted by atomic mass is 10.1. The molecule has 0 radical (unpaired) electrons. The van der Waals surface area contributed by atoms with E-state index in [2.05, 4.69) is 6.07 Å². The number of benzene rings is 2. The Hall–Kier alpha value is -1.93. The van der Waals surface area contributed by atoms with Gasteiger partial charge in [-0.05, 0) is 36.8 Å². The van der Waals surface area contributed by atoms with Gasteiger partial charge < -0.3 is 9.80 Å². The molecule has 1 heterocycles. The second-order valence-corrected chi connectivity index (χ2v) is 8.84. The molecule has 3 N–H and O–H groups in total. The van der Waals surface area contributed by atoms with Crippen LogP contribution in [-0.4, -0.2) is 45.4 Å². The highest BCUT2D eigenvalue weighted by Crippen LogP contribution is 2.17. The Balaban J connectivity index is 1.65. The number of sulfonamides is 1. The Morgan fingerprint density at radius 1 is 1.19 bits per heavy atom. The number of amides is 1. The maximum Gasteiger partial charge on any atom is 0.254 e. The van der Waals surface area contributed by atoms with E-state index in [1.54, 1.807) is 24.0 Å². The van der Waals surface area contributed by atoms with Gasteiger partial charge in [-0.1, -0.05) is 29.8 Å². The number of nitrogens with zero attached hydrogens (tertiary/aromatic N) is 1. The molecule has 1 saturated heterocycles. The van der Waals surface area contributed by atoms with Crippen molar-refractivity contribution in [1.29, 1.82) is 0 Å². The molecule has 1 aliphatic heterocycles. The van der Waals surface area contributed by atoms with Gasteiger partial charge in [0.2, 0.25) is 10.0 Å². The minimum atomic E-state index is -3.85. The fourth-order valence-electron chi connectivity index (χ4n) is 3.36. The topological polar surface area (TPSA) is 84.9 Å². The summed E-state index contributed by atoms with van der Waals surface area (Å²) >= 11 is 6.04. The number of halogens is 1. The summed E-state index contributed by atoms with van der Waals surface area (Å²) in [6.45, 7) is 5.41. The third-order valence-electron chi connectivity index (χ3n) is 4.84. The number of nitrogens with two attached hydrogens (primary N) is 1. The number of quaternary nitrogens is 1. The van der Waals surface area contributed by atoms with Crippen molar-refractivity contribution in [3.05, 3.63) is 64.2 Å². The normalized spacial score (nSPS) is 15.7. The van der Waals surface area contributed by atoms with Crippen LogP contribution in [0.15, 0.2) is 47.4 Å². The van der Waals surface area contributed by atoms with Crippen LogP contribution in [-0.2, 0) is 16.6 Å². The van der Waals surface area contributed by atoms with E-state index in [-0.39, 0.29) is 10.8 Å². The van der Waals surface area contributed by atoms with E-state index in [1.807, 2.05) is 18.2 Å². The van der Waals surface area contributed by atoms with Crippen molar-refractivity contribution in [1.82, 2.24) is 4.90 Å². The van der Waals surface area contributed by atoms with E-state index in [1.165, 1.54) is 16.5 Å². The Morgan fingerprint density at radius 2 is 1.89 bits per heavy atom. The number of carbonyl (C=O) groups excluding carboxylic acids is 1. The van der Waals surface area contributed by atoms with Gasteiger partial charge in [-0.15, -0.1) is 0 Å². The zero-order valence-electron chi connectivity index (χ0n) is 15.1. The summed E-state index contributed by atoms with van der Waals surface area (Å²) in [7, 11) is -3.85. The van der Waals surface area contributed by atoms with E-state index in [0.717, 1.165) is 24.7 Å². The Kier molecular flexibility index (Phi) is 5.86. The van der Waals surface area contributed by atoms with Gasteiger partial charge in [0.1, 0.15) is 6.54 Å². The van der Waals surface area contributed by atoms with Crippen molar-refractivity contribution < 1.29 is 18.1 Å². The molecule has 2 aromatic carbocycles. The molecule has 0 bridgehead atoms. The van der Waals surface area contributed by atoms with Crippen molar-refractivity contribution in [2.45, 2.75) is 18.4 Å². The maximum atomic E-state index is 12.8. The van der Waals surface area contributed by atoms with E-state index >= 15 is 0 Å². The smallest absolute Gasteiger partial charge is 0.254 e. The lowest BCUT2D eigenvalue weighted by Gasteiger charge is -2.32. The highest BCUT2D eigenvalue weighted by atomic mass is 35.5. The molecule has 0 atom stereocenters. The van der Waals surface area contributed by atoms with Crippen LogP contribution >= 0.6 is 11.6 Å². The first-order valence-electron chi connectivity index (χ1n) is 8.75. The van der Waals surface area contributed by atoms with Gasteiger partial charge >= 0.3 is 0 Å². The molecular weight excluding hydrogens is 386 g/mol. The first-order chi connectivity index (χ1) is 12.7. The molecule has 1 amide bonds. The van der Waals surface area contributed by atoms with Crippen LogP contribution in [0.4, 0.5) is 0 Å². The summed E-state index contributed by atoms with van der Waals surface area (Å²) in [5, 5.41) is 5.97.